The lowest BCUT2D eigenvalue weighted by Crippen LogP contribution is -2.15. The summed E-state index contributed by atoms with van der Waals surface area (Å²) in [4.78, 5) is 0. The molecule has 0 aliphatic carbocycles. The summed E-state index contributed by atoms with van der Waals surface area (Å²) >= 11 is 5.69. The van der Waals surface area contributed by atoms with Crippen molar-refractivity contribution in [3.8, 4) is 5.75 Å². The fourth-order valence-corrected chi connectivity index (χ4v) is 2.03. The van der Waals surface area contributed by atoms with Crippen molar-refractivity contribution in [3.05, 3.63) is 64.2 Å². The van der Waals surface area contributed by atoms with Gasteiger partial charge >= 0.3 is 0 Å². The van der Waals surface area contributed by atoms with E-state index in [1.807, 2.05) is 0 Å². The second-order valence-corrected chi connectivity index (χ2v) is 4.47. The Morgan fingerprint density at radius 2 is 1.84 bits per heavy atom. The number of nitrogens with two attached hydrogens (primary N) is 1. The highest BCUT2D eigenvalue weighted by Crippen LogP contribution is 2.31. The van der Waals surface area contributed by atoms with E-state index in [2.05, 4.69) is 0 Å². The highest BCUT2D eigenvalue weighted by Gasteiger charge is 2.18. The predicted molar refractivity (Wildman–Crippen MR) is 70.4 cm³/mol. The summed E-state index contributed by atoms with van der Waals surface area (Å²) in [6.45, 7) is 0. The SMILES string of the molecule is COc1ccc(F)cc1C(N)c1ccc(Cl)cc1F. The minimum absolute atomic E-state index is 0.230. The van der Waals surface area contributed by atoms with Crippen LogP contribution in [0.2, 0.25) is 5.02 Å². The van der Waals surface area contributed by atoms with Gasteiger partial charge < -0.3 is 10.5 Å². The summed E-state index contributed by atoms with van der Waals surface area (Å²) in [6, 6.07) is 7.30. The fourth-order valence-electron chi connectivity index (χ4n) is 1.87. The van der Waals surface area contributed by atoms with Crippen molar-refractivity contribution in [2.45, 2.75) is 6.04 Å². The molecule has 0 bridgehead atoms. The molecule has 2 aromatic rings. The first-order chi connectivity index (χ1) is 9.02. The Kier molecular flexibility index (Phi) is 4.02. The normalized spacial score (nSPS) is 12.3. The van der Waals surface area contributed by atoms with E-state index in [1.165, 1.54) is 43.5 Å². The average Bonchev–Trinajstić information content (AvgIpc) is 2.38. The Labute approximate surface area is 114 Å². The summed E-state index contributed by atoms with van der Waals surface area (Å²) in [5.74, 6) is -0.588. The lowest BCUT2D eigenvalue weighted by Gasteiger charge is -2.17. The number of benzene rings is 2. The highest BCUT2D eigenvalue weighted by atomic mass is 35.5. The van der Waals surface area contributed by atoms with Gasteiger partial charge in [0.1, 0.15) is 17.4 Å². The van der Waals surface area contributed by atoms with E-state index in [0.29, 0.717) is 11.3 Å². The molecule has 1 unspecified atom stereocenters. The fraction of sp³-hybridized carbons (Fsp3) is 0.143. The number of hydrogen-bond acceptors (Lipinski definition) is 2. The Morgan fingerprint density at radius 1 is 1.11 bits per heavy atom. The second-order valence-electron chi connectivity index (χ2n) is 4.03. The van der Waals surface area contributed by atoms with Crippen molar-refractivity contribution in [2.75, 3.05) is 7.11 Å². The molecule has 2 rings (SSSR count). The molecule has 0 saturated heterocycles. The predicted octanol–water partition coefficient (Wildman–Crippen LogP) is 3.67. The van der Waals surface area contributed by atoms with Gasteiger partial charge in [-0.1, -0.05) is 17.7 Å². The van der Waals surface area contributed by atoms with Gasteiger partial charge in [0.15, 0.2) is 0 Å². The summed E-state index contributed by atoms with van der Waals surface area (Å²) in [6.07, 6.45) is 0. The van der Waals surface area contributed by atoms with E-state index in [-0.39, 0.29) is 10.6 Å². The van der Waals surface area contributed by atoms with Crippen molar-refractivity contribution in [1.29, 1.82) is 0 Å². The molecule has 2 aromatic carbocycles. The van der Waals surface area contributed by atoms with Gasteiger partial charge in [-0.15, -0.1) is 0 Å². The maximum atomic E-state index is 13.8. The van der Waals surface area contributed by atoms with Gasteiger partial charge in [-0.25, -0.2) is 8.78 Å². The van der Waals surface area contributed by atoms with Crippen LogP contribution in [0, 0.1) is 11.6 Å². The van der Waals surface area contributed by atoms with Crippen LogP contribution in [0.4, 0.5) is 8.78 Å². The van der Waals surface area contributed by atoms with Crippen LogP contribution < -0.4 is 10.5 Å². The van der Waals surface area contributed by atoms with E-state index < -0.39 is 17.7 Å². The third-order valence-electron chi connectivity index (χ3n) is 2.82. The van der Waals surface area contributed by atoms with Gasteiger partial charge in [0.05, 0.1) is 13.2 Å². The van der Waals surface area contributed by atoms with Crippen LogP contribution in [0.25, 0.3) is 0 Å². The Hall–Kier alpha value is -1.65. The number of ether oxygens (including phenoxy) is 1. The van der Waals surface area contributed by atoms with Gasteiger partial charge in [-0.3, -0.25) is 0 Å². The standard InChI is InChI=1S/C14H12ClF2NO/c1-19-13-5-3-9(16)7-11(13)14(18)10-4-2-8(15)6-12(10)17/h2-7,14H,18H2,1H3. The molecule has 0 aliphatic rings. The zero-order chi connectivity index (χ0) is 14.0. The van der Waals surface area contributed by atoms with Crippen molar-refractivity contribution in [2.24, 2.45) is 5.73 Å². The van der Waals surface area contributed by atoms with Gasteiger partial charge in [-0.05, 0) is 30.3 Å². The van der Waals surface area contributed by atoms with E-state index in [1.54, 1.807) is 0 Å². The third kappa shape index (κ3) is 2.85. The molecule has 0 aliphatic heterocycles. The quantitative estimate of drug-likeness (QED) is 0.933. The molecule has 2 N–H and O–H groups in total. The van der Waals surface area contributed by atoms with Crippen LogP contribution in [-0.4, -0.2) is 7.11 Å². The molecule has 1 atom stereocenters. The lowest BCUT2D eigenvalue weighted by atomic mass is 9.98. The van der Waals surface area contributed by atoms with Crippen LogP contribution in [0.15, 0.2) is 36.4 Å². The van der Waals surface area contributed by atoms with Crippen LogP contribution >= 0.6 is 11.6 Å². The number of rotatable bonds is 3. The summed E-state index contributed by atoms with van der Waals surface area (Å²) in [7, 11) is 1.45. The first-order valence-electron chi connectivity index (χ1n) is 5.57. The molecule has 2 nitrogen and oxygen atoms in total. The smallest absolute Gasteiger partial charge is 0.129 e. The minimum Gasteiger partial charge on any atom is -0.496 e. The zero-order valence-electron chi connectivity index (χ0n) is 10.2. The van der Waals surface area contributed by atoms with E-state index in [4.69, 9.17) is 22.1 Å². The number of halogens is 3. The van der Waals surface area contributed by atoms with E-state index in [0.717, 1.165) is 0 Å². The number of hydrogen-bond donors (Lipinski definition) is 1. The molecule has 0 heterocycles. The van der Waals surface area contributed by atoms with Crippen LogP contribution in [0.5, 0.6) is 5.75 Å². The van der Waals surface area contributed by atoms with Crippen molar-refractivity contribution < 1.29 is 13.5 Å². The lowest BCUT2D eigenvalue weighted by molar-refractivity contribution is 0.406. The average molecular weight is 284 g/mol. The zero-order valence-corrected chi connectivity index (χ0v) is 10.9. The summed E-state index contributed by atoms with van der Waals surface area (Å²) < 4.78 is 32.2. The van der Waals surface area contributed by atoms with Crippen LogP contribution in [0.3, 0.4) is 0 Å². The third-order valence-corrected chi connectivity index (χ3v) is 3.06. The maximum absolute atomic E-state index is 13.8. The van der Waals surface area contributed by atoms with Crippen LogP contribution in [-0.2, 0) is 0 Å². The van der Waals surface area contributed by atoms with Gasteiger partial charge in [0.25, 0.3) is 0 Å². The monoisotopic (exact) mass is 283 g/mol. The Balaban J connectivity index is 2.49. The van der Waals surface area contributed by atoms with Crippen molar-refractivity contribution in [3.63, 3.8) is 0 Å². The molecule has 100 valence electrons. The molecular weight excluding hydrogens is 272 g/mol. The van der Waals surface area contributed by atoms with Crippen LogP contribution in [0.1, 0.15) is 17.2 Å². The molecule has 0 aromatic heterocycles. The molecule has 19 heavy (non-hydrogen) atoms. The first-order valence-corrected chi connectivity index (χ1v) is 5.94. The Morgan fingerprint density at radius 3 is 2.47 bits per heavy atom. The first kappa shape index (κ1) is 13.8. The van der Waals surface area contributed by atoms with Gasteiger partial charge in [0.2, 0.25) is 0 Å². The maximum Gasteiger partial charge on any atom is 0.129 e. The molecule has 5 heteroatoms. The summed E-state index contributed by atoms with van der Waals surface area (Å²) in [5, 5.41) is 0.277. The van der Waals surface area contributed by atoms with Crippen molar-refractivity contribution >= 4 is 11.6 Å². The Bertz CT molecular complexity index is 604. The van der Waals surface area contributed by atoms with E-state index in [9.17, 15) is 8.78 Å². The molecule has 0 amide bonds. The summed E-state index contributed by atoms with van der Waals surface area (Å²) in [5.41, 5.74) is 6.59. The van der Waals surface area contributed by atoms with Crippen molar-refractivity contribution in [1.82, 2.24) is 0 Å². The molecule has 0 spiro atoms. The van der Waals surface area contributed by atoms with Gasteiger partial charge in [0, 0.05) is 16.1 Å². The second kappa shape index (κ2) is 5.55. The van der Waals surface area contributed by atoms with Gasteiger partial charge in [-0.2, -0.15) is 0 Å². The molecule has 0 fully saturated rings. The number of methoxy groups -OCH3 is 1. The molecule has 0 saturated carbocycles. The molecular formula is C14H12ClF2NO. The minimum atomic E-state index is -0.831. The highest BCUT2D eigenvalue weighted by molar-refractivity contribution is 6.30. The van der Waals surface area contributed by atoms with E-state index >= 15 is 0 Å². The molecule has 0 radical (unpaired) electrons. The topological polar surface area (TPSA) is 35.2 Å². The largest absolute Gasteiger partial charge is 0.496 e.